The maximum absolute atomic E-state index is 13.3. The third-order valence-corrected chi connectivity index (χ3v) is 6.32. The van der Waals surface area contributed by atoms with Gasteiger partial charge in [-0.15, -0.1) is 11.3 Å². The monoisotopic (exact) mass is 447 g/mol. The van der Waals surface area contributed by atoms with Gasteiger partial charge in [0.25, 0.3) is 5.91 Å². The van der Waals surface area contributed by atoms with Gasteiger partial charge in [0.1, 0.15) is 5.75 Å². The van der Waals surface area contributed by atoms with Crippen molar-refractivity contribution in [2.45, 2.75) is 32.4 Å². The van der Waals surface area contributed by atoms with Gasteiger partial charge < -0.3 is 14.7 Å². The molecule has 3 aromatic rings. The Morgan fingerprint density at radius 2 is 1.81 bits per heavy atom. The summed E-state index contributed by atoms with van der Waals surface area (Å²) in [6.45, 7) is 3.03. The average molecular weight is 448 g/mol. The van der Waals surface area contributed by atoms with E-state index in [-0.39, 0.29) is 17.9 Å². The first kappa shape index (κ1) is 21.8. The van der Waals surface area contributed by atoms with E-state index in [0.717, 1.165) is 29.7 Å². The summed E-state index contributed by atoms with van der Waals surface area (Å²) in [5.41, 5.74) is 1.79. The number of benzene rings is 2. The molecule has 0 aliphatic carbocycles. The molecule has 4 rings (SSSR count). The van der Waals surface area contributed by atoms with Crippen LogP contribution in [-0.4, -0.2) is 28.3 Å². The van der Waals surface area contributed by atoms with E-state index in [1.54, 1.807) is 22.4 Å². The molecule has 164 valence electrons. The van der Waals surface area contributed by atoms with Crippen LogP contribution in [-0.2, 0) is 11.3 Å². The van der Waals surface area contributed by atoms with Gasteiger partial charge in [0, 0.05) is 6.54 Å². The van der Waals surface area contributed by atoms with Crippen molar-refractivity contribution in [2.75, 3.05) is 6.61 Å². The predicted molar refractivity (Wildman–Crippen MR) is 125 cm³/mol. The number of nitrogens with zero attached hydrogens (tertiary/aromatic N) is 1. The molecule has 1 N–H and O–H groups in total. The summed E-state index contributed by atoms with van der Waals surface area (Å²) >= 11 is 1.29. The molecule has 0 saturated carbocycles. The molecule has 1 unspecified atom stereocenters. The predicted octanol–water partition coefficient (Wildman–Crippen LogP) is 5.71. The molecule has 1 atom stereocenters. The van der Waals surface area contributed by atoms with Gasteiger partial charge in [0.2, 0.25) is 5.78 Å². The van der Waals surface area contributed by atoms with Gasteiger partial charge >= 0.3 is 0 Å². The van der Waals surface area contributed by atoms with Crippen molar-refractivity contribution in [1.82, 2.24) is 4.90 Å². The number of hydrogen-bond acceptors (Lipinski definition) is 5. The van der Waals surface area contributed by atoms with Crippen molar-refractivity contribution in [3.05, 3.63) is 99.4 Å². The smallest absolute Gasteiger partial charge is 0.290 e. The number of ketones is 1. The highest BCUT2D eigenvalue weighted by atomic mass is 32.1. The Balaban J connectivity index is 1.70. The van der Waals surface area contributed by atoms with E-state index >= 15 is 0 Å². The molecule has 2 aromatic carbocycles. The van der Waals surface area contributed by atoms with Crippen LogP contribution in [0.15, 0.2) is 83.4 Å². The summed E-state index contributed by atoms with van der Waals surface area (Å²) in [6, 6.07) is 19.8. The molecule has 0 bridgehead atoms. The first-order valence-electron chi connectivity index (χ1n) is 10.7. The van der Waals surface area contributed by atoms with Crippen LogP contribution in [0.5, 0.6) is 5.75 Å². The lowest BCUT2D eigenvalue weighted by Gasteiger charge is -2.27. The fourth-order valence-electron chi connectivity index (χ4n) is 3.80. The van der Waals surface area contributed by atoms with E-state index in [0.29, 0.717) is 11.5 Å². The van der Waals surface area contributed by atoms with Crippen molar-refractivity contribution in [3.63, 3.8) is 0 Å². The Hall–Kier alpha value is -3.38. The zero-order valence-corrected chi connectivity index (χ0v) is 18.7. The number of Topliss-reactive ketones (excluding diaryl/α,β-unsaturated/α-hetero) is 1. The molecule has 0 spiro atoms. The first-order chi connectivity index (χ1) is 15.6. The topological polar surface area (TPSA) is 66.8 Å². The minimum Gasteiger partial charge on any atom is -0.503 e. The second-order valence-corrected chi connectivity index (χ2v) is 8.61. The maximum atomic E-state index is 13.3. The van der Waals surface area contributed by atoms with Crippen LogP contribution in [0.4, 0.5) is 0 Å². The van der Waals surface area contributed by atoms with E-state index in [1.807, 2.05) is 54.6 Å². The number of ether oxygens (including phenoxy) is 1. The Morgan fingerprint density at radius 1 is 1.06 bits per heavy atom. The molecule has 2 heterocycles. The van der Waals surface area contributed by atoms with Gasteiger partial charge in [0.05, 0.1) is 23.1 Å². The molecule has 1 amide bonds. The van der Waals surface area contributed by atoms with Gasteiger partial charge in [-0.25, -0.2) is 0 Å². The highest BCUT2D eigenvalue weighted by molar-refractivity contribution is 7.12. The van der Waals surface area contributed by atoms with Crippen molar-refractivity contribution in [2.24, 2.45) is 0 Å². The molecule has 32 heavy (non-hydrogen) atoms. The fourth-order valence-corrected chi connectivity index (χ4v) is 4.47. The number of rotatable bonds is 9. The van der Waals surface area contributed by atoms with Crippen LogP contribution in [0, 0.1) is 0 Å². The van der Waals surface area contributed by atoms with Crippen LogP contribution >= 0.6 is 11.3 Å². The van der Waals surface area contributed by atoms with E-state index < -0.39 is 17.7 Å². The van der Waals surface area contributed by atoms with Crippen molar-refractivity contribution < 1.29 is 19.4 Å². The number of hydrogen-bond donors (Lipinski definition) is 1. The van der Waals surface area contributed by atoms with E-state index in [1.165, 1.54) is 11.3 Å². The van der Waals surface area contributed by atoms with Gasteiger partial charge in [-0.3, -0.25) is 9.59 Å². The highest BCUT2D eigenvalue weighted by Gasteiger charge is 2.43. The molecule has 0 fully saturated rings. The Kier molecular flexibility index (Phi) is 6.71. The SMILES string of the molecule is CCCCOc1ccc(C2C(C(=O)c3cccs3)=C(O)C(=O)N2Cc2ccccc2)cc1. The molecule has 5 nitrogen and oxygen atoms in total. The standard InChI is InChI=1S/C26H25NO4S/c1-2-3-15-31-20-13-11-19(12-14-20)23-22(24(28)21-10-7-16-32-21)25(29)26(30)27(23)17-18-8-5-4-6-9-18/h4-14,16,23,29H,2-3,15,17H2,1H3. The molecule has 1 aliphatic heterocycles. The maximum Gasteiger partial charge on any atom is 0.290 e. The van der Waals surface area contributed by atoms with Crippen LogP contribution in [0.3, 0.4) is 0 Å². The van der Waals surface area contributed by atoms with Gasteiger partial charge in [-0.2, -0.15) is 0 Å². The Morgan fingerprint density at radius 3 is 2.47 bits per heavy atom. The molecule has 6 heteroatoms. The third-order valence-electron chi connectivity index (χ3n) is 5.45. The number of thiophene rings is 1. The average Bonchev–Trinajstić information content (AvgIpc) is 3.44. The number of carbonyl (C=O) groups excluding carboxylic acids is 2. The summed E-state index contributed by atoms with van der Waals surface area (Å²) in [5, 5.41) is 12.6. The summed E-state index contributed by atoms with van der Waals surface area (Å²) in [5.74, 6) is -0.607. The molecular formula is C26H25NO4S. The van der Waals surface area contributed by atoms with E-state index in [9.17, 15) is 14.7 Å². The third kappa shape index (κ3) is 4.46. The lowest BCUT2D eigenvalue weighted by atomic mass is 9.95. The number of carbonyl (C=O) groups is 2. The van der Waals surface area contributed by atoms with Crippen molar-refractivity contribution in [1.29, 1.82) is 0 Å². The summed E-state index contributed by atoms with van der Waals surface area (Å²) in [7, 11) is 0. The van der Waals surface area contributed by atoms with Crippen LogP contribution in [0.1, 0.15) is 46.6 Å². The molecule has 1 aliphatic rings. The lowest BCUT2D eigenvalue weighted by molar-refractivity contribution is -0.130. The van der Waals surface area contributed by atoms with Crippen LogP contribution in [0.25, 0.3) is 0 Å². The fraction of sp³-hybridized carbons (Fsp3) is 0.231. The zero-order chi connectivity index (χ0) is 22.5. The normalized spacial score (nSPS) is 16.0. The van der Waals surface area contributed by atoms with Crippen LogP contribution in [0.2, 0.25) is 0 Å². The number of aliphatic hydroxyl groups is 1. The van der Waals surface area contributed by atoms with Gasteiger partial charge in [0.15, 0.2) is 5.76 Å². The first-order valence-corrected chi connectivity index (χ1v) is 11.6. The minimum absolute atomic E-state index is 0.119. The largest absolute Gasteiger partial charge is 0.503 e. The summed E-state index contributed by atoms with van der Waals surface area (Å²) in [4.78, 5) is 28.4. The zero-order valence-electron chi connectivity index (χ0n) is 17.9. The minimum atomic E-state index is -0.679. The number of amides is 1. The molecular weight excluding hydrogens is 422 g/mol. The van der Waals surface area contributed by atoms with Gasteiger partial charge in [-0.05, 0) is 41.1 Å². The number of unbranched alkanes of at least 4 members (excludes halogenated alkanes) is 1. The molecule has 1 aromatic heterocycles. The Labute approximate surface area is 191 Å². The molecule has 0 radical (unpaired) electrons. The van der Waals surface area contributed by atoms with E-state index in [2.05, 4.69) is 6.92 Å². The highest BCUT2D eigenvalue weighted by Crippen LogP contribution is 2.40. The van der Waals surface area contributed by atoms with Crippen molar-refractivity contribution in [3.8, 4) is 5.75 Å². The van der Waals surface area contributed by atoms with Crippen molar-refractivity contribution >= 4 is 23.0 Å². The second kappa shape index (κ2) is 9.83. The van der Waals surface area contributed by atoms with Gasteiger partial charge in [-0.1, -0.05) is 61.9 Å². The lowest BCUT2D eigenvalue weighted by Crippen LogP contribution is -2.30. The Bertz CT molecular complexity index is 1100. The van der Waals surface area contributed by atoms with Crippen LogP contribution < -0.4 is 4.74 Å². The second-order valence-electron chi connectivity index (χ2n) is 7.66. The number of aliphatic hydroxyl groups excluding tert-OH is 1. The quantitative estimate of drug-likeness (QED) is 0.337. The summed E-state index contributed by atoms with van der Waals surface area (Å²) < 4.78 is 5.75. The van der Waals surface area contributed by atoms with E-state index in [4.69, 9.17) is 4.74 Å². The molecule has 0 saturated heterocycles. The summed E-state index contributed by atoms with van der Waals surface area (Å²) in [6.07, 6.45) is 2.02.